The first-order valence-corrected chi connectivity index (χ1v) is 7.69. The molecule has 124 valence electrons. The fraction of sp³-hybridized carbons (Fsp3) is 0.929. The molecule has 0 aromatic heterocycles. The van der Waals surface area contributed by atoms with E-state index in [1.54, 1.807) is 0 Å². The third kappa shape index (κ3) is 6.25. The van der Waals surface area contributed by atoms with Crippen LogP contribution in [0.15, 0.2) is 4.99 Å². The summed E-state index contributed by atoms with van der Waals surface area (Å²) in [5.41, 5.74) is 6.06. The van der Waals surface area contributed by atoms with Gasteiger partial charge in [0, 0.05) is 32.7 Å². The van der Waals surface area contributed by atoms with Gasteiger partial charge >= 0.3 is 0 Å². The van der Waals surface area contributed by atoms with Gasteiger partial charge in [-0.15, -0.1) is 24.0 Å². The van der Waals surface area contributed by atoms with E-state index in [0.717, 1.165) is 58.9 Å². The molecule has 2 saturated heterocycles. The second-order valence-electron chi connectivity index (χ2n) is 5.57. The lowest BCUT2D eigenvalue weighted by Gasteiger charge is -2.33. The Labute approximate surface area is 145 Å². The van der Waals surface area contributed by atoms with Gasteiger partial charge in [0.25, 0.3) is 0 Å². The summed E-state index contributed by atoms with van der Waals surface area (Å²) in [5.74, 6) is 0.653. The lowest BCUT2D eigenvalue weighted by atomic mass is 10.2. The summed E-state index contributed by atoms with van der Waals surface area (Å²) in [6, 6.07) is 0. The quantitative estimate of drug-likeness (QED) is 0.420. The highest BCUT2D eigenvalue weighted by Crippen LogP contribution is 2.08. The SMILES string of the molecule is CCC1CN(CCN=C(N)N2CCOC(C)C2)CCO1.I. The fourth-order valence-electron chi connectivity index (χ4n) is 2.66. The smallest absolute Gasteiger partial charge is 0.191 e. The molecule has 2 heterocycles. The van der Waals surface area contributed by atoms with Crippen molar-refractivity contribution >= 4 is 29.9 Å². The molecular weight excluding hydrogens is 383 g/mol. The molecule has 2 aliphatic heterocycles. The van der Waals surface area contributed by atoms with Crippen molar-refractivity contribution in [1.29, 1.82) is 0 Å². The van der Waals surface area contributed by atoms with Gasteiger partial charge in [-0.2, -0.15) is 0 Å². The number of morpholine rings is 2. The Morgan fingerprint density at radius 1 is 1.24 bits per heavy atom. The van der Waals surface area contributed by atoms with E-state index in [4.69, 9.17) is 15.2 Å². The molecular formula is C14H29IN4O2. The average molecular weight is 412 g/mol. The first kappa shape index (κ1) is 18.9. The maximum atomic E-state index is 6.06. The normalized spacial score (nSPS) is 28.3. The first-order chi connectivity index (χ1) is 9.69. The van der Waals surface area contributed by atoms with Crippen molar-refractivity contribution in [2.24, 2.45) is 10.7 Å². The summed E-state index contributed by atoms with van der Waals surface area (Å²) >= 11 is 0. The van der Waals surface area contributed by atoms with Crippen LogP contribution in [0.3, 0.4) is 0 Å². The molecule has 2 rings (SSSR count). The number of rotatable bonds is 4. The lowest BCUT2D eigenvalue weighted by Crippen LogP contribution is -2.48. The van der Waals surface area contributed by atoms with Crippen LogP contribution < -0.4 is 5.73 Å². The standard InChI is InChI=1S/C14H28N4O2.HI/c1-3-13-11-17(6-8-20-13)5-4-16-14(15)18-7-9-19-12(2)10-18;/h12-13H,3-11H2,1-2H3,(H2,15,16);1H. The van der Waals surface area contributed by atoms with Gasteiger partial charge in [0.05, 0.1) is 32.0 Å². The highest BCUT2D eigenvalue weighted by atomic mass is 127. The van der Waals surface area contributed by atoms with E-state index in [-0.39, 0.29) is 30.1 Å². The number of aliphatic imine (C=N–C) groups is 1. The molecule has 2 atom stereocenters. The van der Waals surface area contributed by atoms with Crippen LogP contribution in [0, 0.1) is 0 Å². The molecule has 0 saturated carbocycles. The molecule has 2 unspecified atom stereocenters. The Kier molecular flexibility index (Phi) is 8.84. The van der Waals surface area contributed by atoms with Gasteiger partial charge in [0.2, 0.25) is 0 Å². The Hall–Kier alpha value is -0.120. The van der Waals surface area contributed by atoms with Crippen molar-refractivity contribution in [3.63, 3.8) is 0 Å². The average Bonchev–Trinajstić information content (AvgIpc) is 2.47. The van der Waals surface area contributed by atoms with Gasteiger partial charge in [-0.3, -0.25) is 9.89 Å². The van der Waals surface area contributed by atoms with Crippen LogP contribution in [0.25, 0.3) is 0 Å². The monoisotopic (exact) mass is 412 g/mol. The number of hydrogen-bond donors (Lipinski definition) is 1. The van der Waals surface area contributed by atoms with Crippen molar-refractivity contribution in [2.75, 3.05) is 52.5 Å². The van der Waals surface area contributed by atoms with Crippen LogP contribution in [0.4, 0.5) is 0 Å². The number of nitrogens with two attached hydrogens (primary N) is 1. The summed E-state index contributed by atoms with van der Waals surface area (Å²) in [7, 11) is 0. The maximum absolute atomic E-state index is 6.06. The highest BCUT2D eigenvalue weighted by Gasteiger charge is 2.19. The van der Waals surface area contributed by atoms with E-state index < -0.39 is 0 Å². The molecule has 0 radical (unpaired) electrons. The molecule has 0 aromatic rings. The Balaban J connectivity index is 0.00000220. The first-order valence-electron chi connectivity index (χ1n) is 7.69. The van der Waals surface area contributed by atoms with Gasteiger partial charge in [0.1, 0.15) is 0 Å². The number of nitrogens with zero attached hydrogens (tertiary/aromatic N) is 3. The molecule has 21 heavy (non-hydrogen) atoms. The van der Waals surface area contributed by atoms with Crippen LogP contribution >= 0.6 is 24.0 Å². The lowest BCUT2D eigenvalue weighted by molar-refractivity contribution is -0.0285. The largest absolute Gasteiger partial charge is 0.376 e. The third-order valence-corrected chi connectivity index (χ3v) is 3.93. The van der Waals surface area contributed by atoms with E-state index in [1.165, 1.54) is 0 Å². The van der Waals surface area contributed by atoms with Gasteiger partial charge in [-0.25, -0.2) is 0 Å². The molecule has 0 bridgehead atoms. The topological polar surface area (TPSA) is 63.3 Å². The van der Waals surface area contributed by atoms with E-state index in [0.29, 0.717) is 12.1 Å². The van der Waals surface area contributed by atoms with E-state index in [9.17, 15) is 0 Å². The van der Waals surface area contributed by atoms with Crippen molar-refractivity contribution in [3.8, 4) is 0 Å². The number of hydrogen-bond acceptors (Lipinski definition) is 4. The Morgan fingerprint density at radius 2 is 2.00 bits per heavy atom. The minimum Gasteiger partial charge on any atom is -0.376 e. The zero-order valence-electron chi connectivity index (χ0n) is 13.2. The van der Waals surface area contributed by atoms with Crippen LogP contribution in [0.1, 0.15) is 20.3 Å². The minimum atomic E-state index is 0. The molecule has 0 aromatic carbocycles. The second-order valence-corrected chi connectivity index (χ2v) is 5.57. The van der Waals surface area contributed by atoms with Gasteiger partial charge < -0.3 is 20.1 Å². The number of halogens is 1. The van der Waals surface area contributed by atoms with Crippen LogP contribution in [-0.4, -0.2) is 80.4 Å². The Bertz CT molecular complexity index is 330. The highest BCUT2D eigenvalue weighted by molar-refractivity contribution is 14.0. The Morgan fingerprint density at radius 3 is 2.71 bits per heavy atom. The molecule has 7 heteroatoms. The molecule has 2 fully saturated rings. The number of guanidine groups is 1. The predicted octanol–water partition coefficient (Wildman–Crippen LogP) is 0.751. The van der Waals surface area contributed by atoms with E-state index >= 15 is 0 Å². The summed E-state index contributed by atoms with van der Waals surface area (Å²) in [6.45, 7) is 11.2. The van der Waals surface area contributed by atoms with E-state index in [1.807, 2.05) is 0 Å². The van der Waals surface area contributed by atoms with Crippen molar-refractivity contribution in [3.05, 3.63) is 0 Å². The minimum absolute atomic E-state index is 0. The third-order valence-electron chi connectivity index (χ3n) is 3.93. The zero-order valence-corrected chi connectivity index (χ0v) is 15.5. The summed E-state index contributed by atoms with van der Waals surface area (Å²) in [4.78, 5) is 9.04. The summed E-state index contributed by atoms with van der Waals surface area (Å²) in [5, 5.41) is 0. The number of ether oxygens (including phenoxy) is 2. The van der Waals surface area contributed by atoms with Gasteiger partial charge in [0.15, 0.2) is 5.96 Å². The fourth-order valence-corrected chi connectivity index (χ4v) is 2.66. The van der Waals surface area contributed by atoms with Crippen LogP contribution in [-0.2, 0) is 9.47 Å². The molecule has 6 nitrogen and oxygen atoms in total. The van der Waals surface area contributed by atoms with E-state index in [2.05, 4.69) is 28.6 Å². The maximum Gasteiger partial charge on any atom is 0.191 e. The summed E-state index contributed by atoms with van der Waals surface area (Å²) in [6.07, 6.45) is 1.69. The predicted molar refractivity (Wildman–Crippen MR) is 95.4 cm³/mol. The molecule has 0 amide bonds. The van der Waals surface area contributed by atoms with Crippen molar-refractivity contribution in [2.45, 2.75) is 32.5 Å². The summed E-state index contributed by atoms with van der Waals surface area (Å²) < 4.78 is 11.2. The van der Waals surface area contributed by atoms with Crippen molar-refractivity contribution < 1.29 is 9.47 Å². The van der Waals surface area contributed by atoms with Crippen LogP contribution in [0.5, 0.6) is 0 Å². The van der Waals surface area contributed by atoms with Gasteiger partial charge in [-0.05, 0) is 13.3 Å². The van der Waals surface area contributed by atoms with Crippen LogP contribution in [0.2, 0.25) is 0 Å². The van der Waals surface area contributed by atoms with Crippen molar-refractivity contribution in [1.82, 2.24) is 9.80 Å². The molecule has 0 spiro atoms. The molecule has 2 aliphatic rings. The zero-order chi connectivity index (χ0) is 14.4. The molecule has 2 N–H and O–H groups in total. The van der Waals surface area contributed by atoms with Gasteiger partial charge in [-0.1, -0.05) is 6.92 Å². The second kappa shape index (κ2) is 9.81. The molecule has 0 aliphatic carbocycles.